The summed E-state index contributed by atoms with van der Waals surface area (Å²) in [5, 5.41) is 9.05. The third-order valence-corrected chi connectivity index (χ3v) is 3.89. The van der Waals surface area contributed by atoms with E-state index in [4.69, 9.17) is 5.26 Å². The van der Waals surface area contributed by atoms with Gasteiger partial charge in [0.25, 0.3) is 0 Å². The second-order valence-corrected chi connectivity index (χ2v) is 5.28. The first-order valence-electron chi connectivity index (χ1n) is 7.64. The average molecular weight is 265 g/mol. The van der Waals surface area contributed by atoms with Crippen LogP contribution in [-0.4, -0.2) is 47.9 Å². The molecule has 0 radical (unpaired) electrons. The number of nitrogens with zero attached hydrogens (tertiary/aromatic N) is 3. The highest BCUT2D eigenvalue weighted by atomic mass is 16.2. The number of hydrogen-bond donors (Lipinski definition) is 0. The predicted molar refractivity (Wildman–Crippen MR) is 76.6 cm³/mol. The van der Waals surface area contributed by atoms with Gasteiger partial charge in [-0.05, 0) is 12.8 Å². The third kappa shape index (κ3) is 5.20. The van der Waals surface area contributed by atoms with Gasteiger partial charge in [0.1, 0.15) is 0 Å². The van der Waals surface area contributed by atoms with Crippen molar-refractivity contribution in [3.8, 4) is 6.07 Å². The second-order valence-electron chi connectivity index (χ2n) is 5.28. The molecule has 0 aromatic carbocycles. The fraction of sp³-hybridized carbons (Fsp3) is 0.867. The molecular formula is C15H27N3O. The van der Waals surface area contributed by atoms with Crippen molar-refractivity contribution in [2.45, 2.75) is 58.4 Å². The fourth-order valence-corrected chi connectivity index (χ4v) is 2.58. The van der Waals surface area contributed by atoms with Crippen LogP contribution in [0.5, 0.6) is 0 Å². The van der Waals surface area contributed by atoms with Crippen molar-refractivity contribution >= 4 is 5.91 Å². The summed E-state index contributed by atoms with van der Waals surface area (Å²) >= 11 is 0. The van der Waals surface area contributed by atoms with Crippen LogP contribution in [0.15, 0.2) is 0 Å². The van der Waals surface area contributed by atoms with E-state index in [9.17, 15) is 4.79 Å². The maximum absolute atomic E-state index is 12.0. The zero-order valence-electron chi connectivity index (χ0n) is 12.4. The Morgan fingerprint density at radius 2 is 1.84 bits per heavy atom. The van der Waals surface area contributed by atoms with Gasteiger partial charge in [-0.3, -0.25) is 9.69 Å². The highest BCUT2D eigenvalue weighted by Gasteiger charge is 2.24. The van der Waals surface area contributed by atoms with Gasteiger partial charge < -0.3 is 4.90 Å². The molecule has 1 heterocycles. The number of rotatable bonds is 7. The molecule has 19 heavy (non-hydrogen) atoms. The summed E-state index contributed by atoms with van der Waals surface area (Å²) in [5.41, 5.74) is 0. The maximum atomic E-state index is 12.0. The van der Waals surface area contributed by atoms with Crippen LogP contribution in [-0.2, 0) is 4.79 Å². The van der Waals surface area contributed by atoms with Crippen molar-refractivity contribution in [1.82, 2.24) is 9.80 Å². The first-order valence-corrected chi connectivity index (χ1v) is 7.64. The number of hydrogen-bond acceptors (Lipinski definition) is 3. The van der Waals surface area contributed by atoms with E-state index in [0.717, 1.165) is 45.4 Å². The minimum atomic E-state index is 0.0156. The van der Waals surface area contributed by atoms with Gasteiger partial charge in [-0.1, -0.05) is 33.1 Å². The molecular weight excluding hydrogens is 238 g/mol. The smallest absolute Gasteiger partial charge is 0.222 e. The minimum Gasteiger partial charge on any atom is -0.340 e. The normalized spacial score (nSPS) is 18.1. The predicted octanol–water partition coefficient (Wildman–Crippen LogP) is 2.40. The first-order chi connectivity index (χ1) is 9.22. The van der Waals surface area contributed by atoms with Gasteiger partial charge >= 0.3 is 0 Å². The van der Waals surface area contributed by atoms with Crippen LogP contribution in [0.25, 0.3) is 0 Å². The Morgan fingerprint density at radius 1 is 1.16 bits per heavy atom. The van der Waals surface area contributed by atoms with Crippen molar-refractivity contribution in [2.24, 2.45) is 0 Å². The molecule has 108 valence electrons. The third-order valence-electron chi connectivity index (χ3n) is 3.89. The summed E-state index contributed by atoms with van der Waals surface area (Å²) in [6.07, 6.45) is 6.16. The van der Waals surface area contributed by atoms with Crippen LogP contribution in [0.3, 0.4) is 0 Å². The summed E-state index contributed by atoms with van der Waals surface area (Å²) in [5.74, 6) is 0.292. The average Bonchev–Trinajstić information content (AvgIpc) is 2.45. The van der Waals surface area contributed by atoms with E-state index in [-0.39, 0.29) is 6.04 Å². The SMILES string of the molecule is CCCCCCC(=O)N1CCN(C(C#N)CC)CC1. The van der Waals surface area contributed by atoms with Crippen molar-refractivity contribution < 1.29 is 4.79 Å². The summed E-state index contributed by atoms with van der Waals surface area (Å²) in [6.45, 7) is 7.47. The molecule has 0 N–H and O–H groups in total. The van der Waals surface area contributed by atoms with Gasteiger partial charge in [0.2, 0.25) is 5.91 Å². The molecule has 0 bridgehead atoms. The molecule has 1 aliphatic rings. The fourth-order valence-electron chi connectivity index (χ4n) is 2.58. The standard InChI is InChI=1S/C15H27N3O/c1-3-5-6-7-8-15(19)18-11-9-17(10-12-18)14(4-2)13-16/h14H,3-12H2,1-2H3. The van der Waals surface area contributed by atoms with Gasteiger partial charge in [0.05, 0.1) is 12.1 Å². The van der Waals surface area contributed by atoms with Crippen molar-refractivity contribution in [3.05, 3.63) is 0 Å². The molecule has 4 nitrogen and oxygen atoms in total. The zero-order chi connectivity index (χ0) is 14.1. The van der Waals surface area contributed by atoms with Crippen LogP contribution in [0.1, 0.15) is 52.4 Å². The van der Waals surface area contributed by atoms with Crippen molar-refractivity contribution in [2.75, 3.05) is 26.2 Å². The van der Waals surface area contributed by atoms with Crippen molar-refractivity contribution in [1.29, 1.82) is 5.26 Å². The van der Waals surface area contributed by atoms with E-state index < -0.39 is 0 Å². The Kier molecular flexibility index (Phi) is 7.50. The Morgan fingerprint density at radius 3 is 2.37 bits per heavy atom. The van der Waals surface area contributed by atoms with Gasteiger partial charge in [0, 0.05) is 32.6 Å². The van der Waals surface area contributed by atoms with Crippen LogP contribution in [0.4, 0.5) is 0 Å². The Balaban J connectivity index is 2.25. The summed E-state index contributed by atoms with van der Waals surface area (Å²) < 4.78 is 0. The zero-order valence-corrected chi connectivity index (χ0v) is 12.4. The first kappa shape index (κ1) is 16.0. The van der Waals surface area contributed by atoms with Crippen LogP contribution < -0.4 is 0 Å². The molecule has 1 aliphatic heterocycles. The lowest BCUT2D eigenvalue weighted by Crippen LogP contribution is -2.51. The maximum Gasteiger partial charge on any atom is 0.222 e. The molecule has 1 amide bonds. The van der Waals surface area contributed by atoms with E-state index in [1.807, 2.05) is 11.8 Å². The molecule has 0 spiro atoms. The molecule has 0 aliphatic carbocycles. The molecule has 0 saturated carbocycles. The van der Waals surface area contributed by atoms with Gasteiger partial charge in [0.15, 0.2) is 0 Å². The minimum absolute atomic E-state index is 0.0156. The lowest BCUT2D eigenvalue weighted by molar-refractivity contribution is -0.133. The number of carbonyl (C=O) groups excluding carboxylic acids is 1. The molecule has 4 heteroatoms. The molecule has 1 fully saturated rings. The van der Waals surface area contributed by atoms with Crippen LogP contribution in [0.2, 0.25) is 0 Å². The van der Waals surface area contributed by atoms with E-state index in [1.165, 1.54) is 12.8 Å². The number of unbranched alkanes of at least 4 members (excludes halogenated alkanes) is 3. The van der Waals surface area contributed by atoms with Crippen LogP contribution >= 0.6 is 0 Å². The highest BCUT2D eigenvalue weighted by Crippen LogP contribution is 2.11. The van der Waals surface area contributed by atoms with Crippen molar-refractivity contribution in [3.63, 3.8) is 0 Å². The molecule has 1 atom stereocenters. The molecule has 0 aromatic rings. The Bertz CT molecular complexity index is 303. The number of piperazine rings is 1. The lowest BCUT2D eigenvalue weighted by atomic mass is 10.1. The summed E-state index contributed by atoms with van der Waals surface area (Å²) in [7, 11) is 0. The molecule has 1 rings (SSSR count). The summed E-state index contributed by atoms with van der Waals surface area (Å²) in [6, 6.07) is 2.35. The second kappa shape index (κ2) is 8.92. The number of carbonyl (C=O) groups is 1. The molecule has 0 aromatic heterocycles. The molecule has 1 unspecified atom stereocenters. The Hall–Kier alpha value is -1.08. The number of nitriles is 1. The quantitative estimate of drug-likeness (QED) is 0.664. The van der Waals surface area contributed by atoms with E-state index >= 15 is 0 Å². The van der Waals surface area contributed by atoms with Gasteiger partial charge in [-0.15, -0.1) is 0 Å². The summed E-state index contributed by atoms with van der Waals surface area (Å²) in [4.78, 5) is 16.2. The topological polar surface area (TPSA) is 47.3 Å². The van der Waals surface area contributed by atoms with Gasteiger partial charge in [-0.25, -0.2) is 0 Å². The molecule has 1 saturated heterocycles. The largest absolute Gasteiger partial charge is 0.340 e. The van der Waals surface area contributed by atoms with E-state index in [0.29, 0.717) is 12.3 Å². The highest BCUT2D eigenvalue weighted by molar-refractivity contribution is 5.76. The Labute approximate surface area is 117 Å². The lowest BCUT2D eigenvalue weighted by Gasteiger charge is -2.36. The van der Waals surface area contributed by atoms with E-state index in [2.05, 4.69) is 17.9 Å². The van der Waals surface area contributed by atoms with E-state index in [1.54, 1.807) is 0 Å². The van der Waals surface area contributed by atoms with Gasteiger partial charge in [-0.2, -0.15) is 5.26 Å². The monoisotopic (exact) mass is 265 g/mol. The van der Waals surface area contributed by atoms with Crippen LogP contribution in [0, 0.1) is 11.3 Å². The number of amides is 1.